The minimum atomic E-state index is -0.384. The van der Waals surface area contributed by atoms with E-state index < -0.39 is 0 Å². The molecular weight excluding hydrogens is 412 g/mol. The van der Waals surface area contributed by atoms with Crippen LogP contribution in [0.4, 0.5) is 0 Å². The smallest absolute Gasteiger partial charge is 0.336 e. The maximum absolute atomic E-state index is 11.9. The zero-order valence-electron chi connectivity index (χ0n) is 15.5. The lowest BCUT2D eigenvalue weighted by atomic mass is 10.1. The molecule has 0 saturated carbocycles. The maximum atomic E-state index is 11.9. The number of nitrogens with two attached hydrogens (primary N) is 1. The van der Waals surface area contributed by atoms with Crippen LogP contribution in [-0.4, -0.2) is 14.9 Å². The first-order valence-electron chi connectivity index (χ1n) is 8.73. The van der Waals surface area contributed by atoms with Crippen LogP contribution in [0.1, 0.15) is 17.0 Å². The van der Waals surface area contributed by atoms with Crippen LogP contribution in [-0.2, 0) is 12.4 Å². The second-order valence-corrected chi connectivity index (χ2v) is 7.77. The van der Waals surface area contributed by atoms with Crippen LogP contribution in [0, 0.1) is 6.92 Å². The molecular formula is C20H17ClN4O3S. The molecule has 0 saturated heterocycles. The molecule has 0 radical (unpaired) electrons. The number of rotatable bonds is 6. The molecule has 9 heteroatoms. The summed E-state index contributed by atoms with van der Waals surface area (Å²) in [5, 5.41) is 10.3. The fourth-order valence-electron chi connectivity index (χ4n) is 2.78. The number of nitrogen functional groups attached to an aromatic ring is 1. The Kier molecular flexibility index (Phi) is 5.46. The van der Waals surface area contributed by atoms with Crippen molar-refractivity contribution in [2.75, 3.05) is 5.84 Å². The third-order valence-electron chi connectivity index (χ3n) is 4.26. The molecule has 7 nitrogen and oxygen atoms in total. The summed E-state index contributed by atoms with van der Waals surface area (Å²) in [4.78, 5) is 11.9. The van der Waals surface area contributed by atoms with Gasteiger partial charge in [0.15, 0.2) is 5.82 Å². The number of benzene rings is 2. The molecule has 0 aliphatic heterocycles. The van der Waals surface area contributed by atoms with E-state index in [1.165, 1.54) is 22.5 Å². The van der Waals surface area contributed by atoms with Gasteiger partial charge >= 0.3 is 5.63 Å². The van der Waals surface area contributed by atoms with Gasteiger partial charge in [-0.1, -0.05) is 35.5 Å². The number of aromatic nitrogens is 3. The molecule has 0 aliphatic rings. The summed E-state index contributed by atoms with van der Waals surface area (Å²) in [6.45, 7) is 2.12. The zero-order chi connectivity index (χ0) is 20.4. The van der Waals surface area contributed by atoms with Crippen molar-refractivity contribution in [1.29, 1.82) is 0 Å². The van der Waals surface area contributed by atoms with Gasteiger partial charge in [-0.2, -0.15) is 0 Å². The zero-order valence-corrected chi connectivity index (χ0v) is 17.0. The van der Waals surface area contributed by atoms with E-state index in [0.29, 0.717) is 33.1 Å². The van der Waals surface area contributed by atoms with Gasteiger partial charge in [-0.05, 0) is 48.4 Å². The average molecular weight is 429 g/mol. The number of hydrogen-bond donors (Lipinski definition) is 1. The van der Waals surface area contributed by atoms with Gasteiger partial charge in [0.25, 0.3) is 0 Å². The molecule has 4 rings (SSSR count). The summed E-state index contributed by atoms with van der Waals surface area (Å²) in [6.07, 6.45) is 0. The van der Waals surface area contributed by atoms with Crippen molar-refractivity contribution >= 4 is 34.3 Å². The summed E-state index contributed by atoms with van der Waals surface area (Å²) >= 11 is 7.25. The summed E-state index contributed by atoms with van der Waals surface area (Å²) < 4.78 is 12.3. The highest BCUT2D eigenvalue weighted by Gasteiger charge is 2.13. The van der Waals surface area contributed by atoms with Crippen molar-refractivity contribution in [3.05, 3.63) is 80.9 Å². The Morgan fingerprint density at radius 2 is 1.97 bits per heavy atom. The molecule has 2 aromatic carbocycles. The van der Waals surface area contributed by atoms with E-state index in [9.17, 15) is 4.79 Å². The molecule has 4 aromatic rings. The van der Waals surface area contributed by atoms with E-state index in [4.69, 9.17) is 26.6 Å². The number of hydrogen-bond acceptors (Lipinski definition) is 7. The molecule has 0 spiro atoms. The predicted octanol–water partition coefficient (Wildman–Crippen LogP) is 3.93. The third kappa shape index (κ3) is 4.38. The van der Waals surface area contributed by atoms with Gasteiger partial charge < -0.3 is 15.0 Å². The number of aryl methyl sites for hydroxylation is 1. The van der Waals surface area contributed by atoms with Gasteiger partial charge in [0, 0.05) is 22.2 Å². The number of ether oxygens (including phenoxy) is 1. The van der Waals surface area contributed by atoms with Crippen molar-refractivity contribution in [2.45, 2.75) is 24.4 Å². The van der Waals surface area contributed by atoms with Crippen LogP contribution in [0.25, 0.3) is 11.0 Å². The Balaban J connectivity index is 1.48. The molecule has 0 fully saturated rings. The number of nitrogens with zero attached hydrogens (tertiary/aromatic N) is 3. The Hall–Kier alpha value is -2.97. The monoisotopic (exact) mass is 428 g/mol. The lowest BCUT2D eigenvalue weighted by Gasteiger charge is -2.07. The SMILES string of the molecule is Cc1ccc2c(CSc3nnc(COc4ccc(Cl)cc4)n3N)cc(=O)oc2c1. The highest BCUT2D eigenvalue weighted by Crippen LogP contribution is 2.26. The van der Waals surface area contributed by atoms with Gasteiger partial charge in [-0.15, -0.1) is 10.2 Å². The van der Waals surface area contributed by atoms with Crippen molar-refractivity contribution in [2.24, 2.45) is 0 Å². The van der Waals surface area contributed by atoms with E-state index in [0.717, 1.165) is 16.5 Å². The first-order valence-corrected chi connectivity index (χ1v) is 10.1. The standard InChI is InChI=1S/C20H17ClN4O3S/c1-12-2-7-16-13(9-19(26)28-17(16)8-12)11-29-20-24-23-18(25(20)22)10-27-15-5-3-14(21)4-6-15/h2-9H,10-11,22H2,1H3. The third-order valence-corrected chi connectivity index (χ3v) is 5.50. The van der Waals surface area contributed by atoms with E-state index in [1.54, 1.807) is 24.3 Å². The number of thioether (sulfide) groups is 1. The first kappa shape index (κ1) is 19.4. The van der Waals surface area contributed by atoms with Crippen LogP contribution in [0.2, 0.25) is 5.02 Å². The van der Waals surface area contributed by atoms with Crippen LogP contribution in [0.5, 0.6) is 5.75 Å². The Morgan fingerprint density at radius 1 is 1.17 bits per heavy atom. The fourth-order valence-corrected chi connectivity index (χ4v) is 3.77. The van der Waals surface area contributed by atoms with E-state index in [2.05, 4.69) is 10.2 Å². The largest absolute Gasteiger partial charge is 0.486 e. The average Bonchev–Trinajstić information content (AvgIpc) is 3.05. The molecule has 0 atom stereocenters. The predicted molar refractivity (Wildman–Crippen MR) is 113 cm³/mol. The molecule has 2 N–H and O–H groups in total. The summed E-state index contributed by atoms with van der Waals surface area (Å²) in [5.74, 6) is 7.74. The van der Waals surface area contributed by atoms with Gasteiger partial charge in [0.05, 0.1) is 0 Å². The second kappa shape index (κ2) is 8.18. The molecule has 0 amide bonds. The first-order chi connectivity index (χ1) is 14.0. The topological polar surface area (TPSA) is 96.2 Å². The highest BCUT2D eigenvalue weighted by molar-refractivity contribution is 7.98. The van der Waals surface area contributed by atoms with Crippen LogP contribution in [0.15, 0.2) is 62.9 Å². The van der Waals surface area contributed by atoms with Gasteiger partial charge in [-0.25, -0.2) is 9.47 Å². The fraction of sp³-hybridized carbons (Fsp3) is 0.150. The molecule has 148 valence electrons. The summed E-state index contributed by atoms with van der Waals surface area (Å²) in [7, 11) is 0. The van der Waals surface area contributed by atoms with E-state index in [-0.39, 0.29) is 12.2 Å². The molecule has 0 aliphatic carbocycles. The molecule has 2 aromatic heterocycles. The van der Waals surface area contributed by atoms with Crippen molar-refractivity contribution in [1.82, 2.24) is 14.9 Å². The minimum absolute atomic E-state index is 0.169. The quantitative estimate of drug-likeness (QED) is 0.282. The van der Waals surface area contributed by atoms with Crippen LogP contribution >= 0.6 is 23.4 Å². The molecule has 0 unspecified atom stereocenters. The van der Waals surface area contributed by atoms with Crippen molar-refractivity contribution in [3.63, 3.8) is 0 Å². The van der Waals surface area contributed by atoms with Gasteiger partial charge in [-0.3, -0.25) is 0 Å². The van der Waals surface area contributed by atoms with Crippen LogP contribution < -0.4 is 16.2 Å². The minimum Gasteiger partial charge on any atom is -0.486 e. The normalized spacial score (nSPS) is 11.1. The van der Waals surface area contributed by atoms with Crippen molar-refractivity contribution < 1.29 is 9.15 Å². The van der Waals surface area contributed by atoms with E-state index in [1.807, 2.05) is 25.1 Å². The Morgan fingerprint density at radius 3 is 2.76 bits per heavy atom. The van der Waals surface area contributed by atoms with Crippen molar-refractivity contribution in [3.8, 4) is 5.75 Å². The van der Waals surface area contributed by atoms with Gasteiger partial charge in [0.1, 0.15) is 17.9 Å². The van der Waals surface area contributed by atoms with Gasteiger partial charge in [0.2, 0.25) is 5.16 Å². The second-order valence-electron chi connectivity index (χ2n) is 6.39. The van der Waals surface area contributed by atoms with Crippen LogP contribution in [0.3, 0.4) is 0 Å². The number of halogens is 1. The molecule has 29 heavy (non-hydrogen) atoms. The molecule has 2 heterocycles. The highest BCUT2D eigenvalue weighted by atomic mass is 35.5. The molecule has 0 bridgehead atoms. The number of fused-ring (bicyclic) bond motifs is 1. The summed E-state index contributed by atoms with van der Waals surface area (Å²) in [6, 6.07) is 14.3. The summed E-state index contributed by atoms with van der Waals surface area (Å²) in [5.41, 5.74) is 2.06. The van der Waals surface area contributed by atoms with E-state index >= 15 is 0 Å². The lowest BCUT2D eigenvalue weighted by molar-refractivity contribution is 0.291. The Labute approximate surface area is 175 Å². The maximum Gasteiger partial charge on any atom is 0.336 e. The lowest BCUT2D eigenvalue weighted by Crippen LogP contribution is -2.15. The Bertz CT molecular complexity index is 1220.